The Bertz CT molecular complexity index is 321. The molecule has 94 valence electrons. The molecule has 0 bridgehead atoms. The molecule has 1 atom stereocenters. The van der Waals surface area contributed by atoms with Gasteiger partial charge in [0.2, 0.25) is 0 Å². The van der Waals surface area contributed by atoms with Gasteiger partial charge in [0.1, 0.15) is 5.75 Å². The minimum absolute atomic E-state index is 0.212. The number of pyridine rings is 1. The predicted molar refractivity (Wildman–Crippen MR) is 65.8 cm³/mol. The summed E-state index contributed by atoms with van der Waals surface area (Å²) in [6.07, 6.45) is 6.67. The van der Waals surface area contributed by atoms with Crippen LogP contribution in [0.25, 0.3) is 0 Å². The highest BCUT2D eigenvalue weighted by Gasteiger charge is 2.12. The number of hydrogen-bond acceptors (Lipinski definition) is 4. The summed E-state index contributed by atoms with van der Waals surface area (Å²) in [5.41, 5.74) is 0.951. The van der Waals surface area contributed by atoms with Crippen molar-refractivity contribution in [3.8, 4) is 5.75 Å². The quantitative estimate of drug-likeness (QED) is 0.766. The van der Waals surface area contributed by atoms with Gasteiger partial charge in [-0.25, -0.2) is 0 Å². The van der Waals surface area contributed by atoms with Crippen molar-refractivity contribution in [2.75, 3.05) is 13.2 Å². The van der Waals surface area contributed by atoms with E-state index in [2.05, 4.69) is 10.3 Å². The van der Waals surface area contributed by atoms with Gasteiger partial charge in [-0.15, -0.1) is 0 Å². The first-order valence-electron chi connectivity index (χ1n) is 6.31. The number of nitrogens with zero attached hydrogens (tertiary/aromatic N) is 1. The fraction of sp³-hybridized carbons (Fsp3) is 0.615. The lowest BCUT2D eigenvalue weighted by Gasteiger charge is -2.22. The molecular weight excluding hydrogens is 216 g/mol. The van der Waals surface area contributed by atoms with Gasteiger partial charge in [0, 0.05) is 13.2 Å². The molecule has 4 nitrogen and oxygen atoms in total. The van der Waals surface area contributed by atoms with Gasteiger partial charge >= 0.3 is 0 Å². The molecule has 2 N–H and O–H groups in total. The summed E-state index contributed by atoms with van der Waals surface area (Å²) < 4.78 is 5.66. The van der Waals surface area contributed by atoms with Crippen LogP contribution < -0.4 is 5.32 Å². The van der Waals surface area contributed by atoms with Gasteiger partial charge in [-0.1, -0.05) is 0 Å². The molecule has 0 spiro atoms. The molecule has 2 heterocycles. The lowest BCUT2D eigenvalue weighted by molar-refractivity contribution is 0.0115. The van der Waals surface area contributed by atoms with Crippen LogP contribution in [0.2, 0.25) is 0 Å². The number of nitrogens with one attached hydrogen (secondary N) is 1. The van der Waals surface area contributed by atoms with E-state index in [0.29, 0.717) is 6.10 Å². The first-order chi connectivity index (χ1) is 8.34. The zero-order chi connectivity index (χ0) is 11.9. The van der Waals surface area contributed by atoms with Crippen molar-refractivity contribution in [2.24, 2.45) is 0 Å². The van der Waals surface area contributed by atoms with Gasteiger partial charge in [-0.2, -0.15) is 0 Å². The predicted octanol–water partition coefficient (Wildman–Crippen LogP) is 1.84. The first-order valence-corrected chi connectivity index (χ1v) is 6.31. The summed E-state index contributed by atoms with van der Waals surface area (Å²) in [6, 6.07) is 3.49. The Hall–Kier alpha value is -1.13. The first kappa shape index (κ1) is 12.3. The van der Waals surface area contributed by atoms with Crippen molar-refractivity contribution in [1.29, 1.82) is 0 Å². The van der Waals surface area contributed by atoms with Crippen molar-refractivity contribution < 1.29 is 9.84 Å². The zero-order valence-corrected chi connectivity index (χ0v) is 10.1. The molecule has 0 amide bonds. The molecule has 0 radical (unpaired) electrons. The van der Waals surface area contributed by atoms with Crippen LogP contribution in [0.5, 0.6) is 5.75 Å². The molecule has 2 rings (SSSR count). The summed E-state index contributed by atoms with van der Waals surface area (Å²) in [6.45, 7) is 2.62. The second-order valence-corrected chi connectivity index (χ2v) is 4.46. The standard InChI is InChI=1S/C13H20N2O2/c16-12-5-4-11(15-10-12)9-14-7-6-13-3-1-2-8-17-13/h4-5,10,13-14,16H,1-3,6-9H2. The van der Waals surface area contributed by atoms with Gasteiger partial charge in [0.15, 0.2) is 0 Å². The Morgan fingerprint density at radius 3 is 3.06 bits per heavy atom. The molecule has 4 heteroatoms. The van der Waals surface area contributed by atoms with Gasteiger partial charge < -0.3 is 15.2 Å². The van der Waals surface area contributed by atoms with E-state index >= 15 is 0 Å². The molecular formula is C13H20N2O2. The van der Waals surface area contributed by atoms with E-state index in [-0.39, 0.29) is 5.75 Å². The van der Waals surface area contributed by atoms with E-state index in [9.17, 15) is 0 Å². The highest BCUT2D eigenvalue weighted by Crippen LogP contribution is 2.14. The number of hydrogen-bond donors (Lipinski definition) is 2. The molecule has 1 saturated heterocycles. The maximum atomic E-state index is 9.10. The Morgan fingerprint density at radius 2 is 2.35 bits per heavy atom. The highest BCUT2D eigenvalue weighted by molar-refractivity contribution is 5.17. The van der Waals surface area contributed by atoms with Gasteiger partial charge in [-0.05, 0) is 44.4 Å². The van der Waals surface area contributed by atoms with Crippen LogP contribution in [-0.4, -0.2) is 29.3 Å². The van der Waals surface area contributed by atoms with Crippen LogP contribution in [0.4, 0.5) is 0 Å². The monoisotopic (exact) mass is 236 g/mol. The average molecular weight is 236 g/mol. The summed E-state index contributed by atoms with van der Waals surface area (Å²) >= 11 is 0. The minimum atomic E-state index is 0.212. The molecule has 0 saturated carbocycles. The van der Waals surface area contributed by atoms with E-state index in [0.717, 1.165) is 31.8 Å². The zero-order valence-electron chi connectivity index (χ0n) is 10.1. The summed E-state index contributed by atoms with van der Waals surface area (Å²) in [7, 11) is 0. The molecule has 0 aliphatic carbocycles. The third-order valence-electron chi connectivity index (χ3n) is 3.03. The Labute approximate surface area is 102 Å². The molecule has 1 aliphatic heterocycles. The van der Waals surface area contributed by atoms with Crippen LogP contribution >= 0.6 is 0 Å². The largest absolute Gasteiger partial charge is 0.506 e. The SMILES string of the molecule is Oc1ccc(CNCCC2CCCCO2)nc1. The molecule has 1 aromatic rings. The number of ether oxygens (including phenoxy) is 1. The highest BCUT2D eigenvalue weighted by atomic mass is 16.5. The van der Waals surface area contributed by atoms with E-state index in [1.54, 1.807) is 6.07 Å². The average Bonchev–Trinajstić information content (AvgIpc) is 2.38. The maximum absolute atomic E-state index is 9.10. The minimum Gasteiger partial charge on any atom is -0.506 e. The van der Waals surface area contributed by atoms with Crippen LogP contribution in [0, 0.1) is 0 Å². The van der Waals surface area contributed by atoms with Crippen molar-refractivity contribution in [1.82, 2.24) is 10.3 Å². The second kappa shape index (κ2) is 6.57. The molecule has 1 fully saturated rings. The normalized spacial score (nSPS) is 20.4. The Kier molecular flexibility index (Phi) is 4.76. The van der Waals surface area contributed by atoms with E-state index < -0.39 is 0 Å². The third-order valence-corrected chi connectivity index (χ3v) is 3.03. The number of rotatable bonds is 5. The maximum Gasteiger partial charge on any atom is 0.133 e. The molecule has 1 aromatic heterocycles. The second-order valence-electron chi connectivity index (χ2n) is 4.46. The van der Waals surface area contributed by atoms with Crippen LogP contribution in [-0.2, 0) is 11.3 Å². The number of aromatic hydroxyl groups is 1. The Balaban J connectivity index is 1.60. The topological polar surface area (TPSA) is 54.4 Å². The van der Waals surface area contributed by atoms with Gasteiger partial charge in [0.25, 0.3) is 0 Å². The number of aromatic nitrogens is 1. The Morgan fingerprint density at radius 1 is 1.41 bits per heavy atom. The van der Waals surface area contributed by atoms with E-state index in [1.807, 2.05) is 6.07 Å². The summed E-state index contributed by atoms with van der Waals surface area (Å²) in [4.78, 5) is 4.12. The van der Waals surface area contributed by atoms with Crippen LogP contribution in [0.15, 0.2) is 18.3 Å². The van der Waals surface area contributed by atoms with Crippen molar-refractivity contribution in [2.45, 2.75) is 38.3 Å². The van der Waals surface area contributed by atoms with Crippen LogP contribution in [0.3, 0.4) is 0 Å². The molecule has 0 aromatic carbocycles. The third kappa shape index (κ3) is 4.32. The van der Waals surface area contributed by atoms with E-state index in [4.69, 9.17) is 9.84 Å². The summed E-state index contributed by atoms with van der Waals surface area (Å²) in [5, 5.41) is 12.4. The molecule has 1 unspecified atom stereocenters. The van der Waals surface area contributed by atoms with Crippen molar-refractivity contribution in [3.05, 3.63) is 24.0 Å². The smallest absolute Gasteiger partial charge is 0.133 e. The van der Waals surface area contributed by atoms with Gasteiger partial charge in [-0.3, -0.25) is 4.98 Å². The fourth-order valence-corrected chi connectivity index (χ4v) is 2.04. The lowest BCUT2D eigenvalue weighted by Crippen LogP contribution is -2.25. The molecule has 1 aliphatic rings. The van der Waals surface area contributed by atoms with E-state index in [1.165, 1.54) is 25.5 Å². The van der Waals surface area contributed by atoms with Crippen molar-refractivity contribution >= 4 is 0 Å². The van der Waals surface area contributed by atoms with Crippen molar-refractivity contribution in [3.63, 3.8) is 0 Å². The lowest BCUT2D eigenvalue weighted by atomic mass is 10.1. The fourth-order valence-electron chi connectivity index (χ4n) is 2.04. The molecule has 17 heavy (non-hydrogen) atoms. The van der Waals surface area contributed by atoms with Gasteiger partial charge in [0.05, 0.1) is 18.0 Å². The summed E-state index contributed by atoms with van der Waals surface area (Å²) in [5.74, 6) is 0.212. The van der Waals surface area contributed by atoms with Crippen LogP contribution in [0.1, 0.15) is 31.4 Å².